The molecule has 0 saturated carbocycles. The van der Waals surface area contributed by atoms with Crippen LogP contribution < -0.4 is 10.2 Å². The second kappa shape index (κ2) is 6.78. The van der Waals surface area contributed by atoms with E-state index in [9.17, 15) is 14.0 Å². The Morgan fingerprint density at radius 2 is 2.19 bits per heavy atom. The highest BCUT2D eigenvalue weighted by Gasteiger charge is 2.58. The summed E-state index contributed by atoms with van der Waals surface area (Å²) < 4.78 is 14.0. The van der Waals surface area contributed by atoms with Crippen LogP contribution in [0, 0.1) is 12.8 Å². The second-order valence-corrected chi connectivity index (χ2v) is 7.57. The number of carbonyl (C=O) groups excluding carboxylic acids is 2. The van der Waals surface area contributed by atoms with Gasteiger partial charge in [0.15, 0.2) is 6.17 Å². The molecule has 3 rings (SSSR count). The predicted octanol–water partition coefficient (Wildman–Crippen LogP) is 3.85. The maximum Gasteiger partial charge on any atom is 0.331 e. The summed E-state index contributed by atoms with van der Waals surface area (Å²) in [6, 6.07) is 1.01. The number of urea groups is 1. The van der Waals surface area contributed by atoms with E-state index in [2.05, 4.69) is 15.3 Å². The second-order valence-electron chi connectivity index (χ2n) is 6.63. The van der Waals surface area contributed by atoms with Gasteiger partial charge in [-0.3, -0.25) is 20.0 Å². The van der Waals surface area contributed by atoms with E-state index in [4.69, 9.17) is 23.2 Å². The van der Waals surface area contributed by atoms with Gasteiger partial charge in [0, 0.05) is 18.5 Å². The number of nitrogens with zero attached hydrogens (tertiary/aromatic N) is 3. The van der Waals surface area contributed by atoms with Gasteiger partial charge in [0.25, 0.3) is 0 Å². The van der Waals surface area contributed by atoms with Crippen molar-refractivity contribution in [2.75, 3.05) is 4.90 Å². The van der Waals surface area contributed by atoms with Gasteiger partial charge in [-0.1, -0.05) is 37.0 Å². The molecule has 0 aromatic carbocycles. The number of imide groups is 1. The Morgan fingerprint density at radius 3 is 2.85 bits per heavy atom. The van der Waals surface area contributed by atoms with Crippen LogP contribution in [-0.2, 0) is 4.79 Å². The molecule has 2 aliphatic rings. The normalized spacial score (nSPS) is 29.8. The first-order valence-corrected chi connectivity index (χ1v) is 9.15. The smallest absolute Gasteiger partial charge is 0.277 e. The molecule has 1 saturated heterocycles. The van der Waals surface area contributed by atoms with Crippen molar-refractivity contribution < 1.29 is 14.0 Å². The Balaban J connectivity index is 2.24. The van der Waals surface area contributed by atoms with Gasteiger partial charge in [0.2, 0.25) is 11.0 Å². The van der Waals surface area contributed by atoms with Crippen molar-refractivity contribution in [1.82, 2.24) is 10.3 Å². The molecule has 1 aromatic rings. The van der Waals surface area contributed by atoms with Crippen molar-refractivity contribution in [3.05, 3.63) is 23.5 Å². The van der Waals surface area contributed by atoms with E-state index in [0.717, 1.165) is 12.0 Å². The zero-order chi connectivity index (χ0) is 19.2. The number of aliphatic imine (C=N–C) groups is 1. The fourth-order valence-electron chi connectivity index (χ4n) is 3.30. The Hall–Kier alpha value is -1.73. The maximum atomic E-state index is 14.0. The zero-order valence-electron chi connectivity index (χ0n) is 14.6. The number of alkyl halides is 2. The number of fused-ring (bicyclic) bond motifs is 1. The van der Waals surface area contributed by atoms with Crippen LogP contribution in [-0.4, -0.2) is 33.4 Å². The van der Waals surface area contributed by atoms with Gasteiger partial charge in [0.05, 0.1) is 11.4 Å². The minimum atomic E-state index is -1.82. The standard InChI is InChI=1S/C17H19Cl2FN4O2/c1-4-8(2)12-13(9(3)5-6-21-12)24-16(26)22-15(25)10-7-11(20)14(18)23-17(10,24)19/h5-6,8,10-11H,4,7H2,1-3H3,(H,22,25,26). The van der Waals surface area contributed by atoms with Crippen LogP contribution in [0.1, 0.15) is 43.9 Å². The minimum Gasteiger partial charge on any atom is -0.277 e. The average molecular weight is 401 g/mol. The summed E-state index contributed by atoms with van der Waals surface area (Å²) in [6.45, 7) is 5.79. The molecule has 0 aliphatic carbocycles. The fraction of sp³-hybridized carbons (Fsp3) is 0.529. The lowest BCUT2D eigenvalue weighted by atomic mass is 9.90. The van der Waals surface area contributed by atoms with Crippen LogP contribution >= 0.6 is 23.2 Å². The number of aryl methyl sites for hydroxylation is 1. The van der Waals surface area contributed by atoms with Gasteiger partial charge in [0.1, 0.15) is 11.1 Å². The molecule has 1 fully saturated rings. The number of halogens is 3. The number of amides is 3. The zero-order valence-corrected chi connectivity index (χ0v) is 16.1. The molecule has 4 unspecified atom stereocenters. The molecule has 9 heteroatoms. The highest BCUT2D eigenvalue weighted by Crippen LogP contribution is 2.46. The quantitative estimate of drug-likeness (QED) is 0.618. The summed E-state index contributed by atoms with van der Waals surface area (Å²) >= 11 is 12.6. The Morgan fingerprint density at radius 1 is 1.50 bits per heavy atom. The predicted molar refractivity (Wildman–Crippen MR) is 98.6 cm³/mol. The van der Waals surface area contributed by atoms with Gasteiger partial charge < -0.3 is 0 Å². The van der Waals surface area contributed by atoms with Crippen molar-refractivity contribution in [3.63, 3.8) is 0 Å². The molecule has 6 nitrogen and oxygen atoms in total. The molecular formula is C17H19Cl2FN4O2. The first kappa shape index (κ1) is 19.0. The van der Waals surface area contributed by atoms with Gasteiger partial charge in [-0.05, 0) is 25.0 Å². The number of aromatic nitrogens is 1. The third kappa shape index (κ3) is 2.87. The van der Waals surface area contributed by atoms with E-state index in [0.29, 0.717) is 11.4 Å². The van der Waals surface area contributed by atoms with Crippen molar-refractivity contribution in [2.45, 2.75) is 50.8 Å². The average Bonchev–Trinajstić information content (AvgIpc) is 2.57. The lowest BCUT2D eigenvalue weighted by molar-refractivity contribution is -0.126. The van der Waals surface area contributed by atoms with E-state index in [1.165, 1.54) is 4.90 Å². The molecule has 3 amide bonds. The summed E-state index contributed by atoms with van der Waals surface area (Å²) in [5, 5.41) is 0.0801. The first-order valence-electron chi connectivity index (χ1n) is 8.39. The van der Waals surface area contributed by atoms with Crippen LogP contribution in [0.25, 0.3) is 0 Å². The van der Waals surface area contributed by atoms with Crippen LogP contribution in [0.2, 0.25) is 0 Å². The molecule has 0 spiro atoms. The van der Waals surface area contributed by atoms with Crippen molar-refractivity contribution in [1.29, 1.82) is 0 Å². The molecule has 140 valence electrons. The summed E-state index contributed by atoms with van der Waals surface area (Å²) in [6.07, 6.45) is 0.589. The third-order valence-corrected chi connectivity index (χ3v) is 5.77. The lowest BCUT2D eigenvalue weighted by Crippen LogP contribution is -2.67. The van der Waals surface area contributed by atoms with E-state index < -0.39 is 29.1 Å². The van der Waals surface area contributed by atoms with Crippen LogP contribution in [0.5, 0.6) is 0 Å². The summed E-state index contributed by atoms with van der Waals surface area (Å²) in [4.78, 5) is 34.7. The molecule has 0 bridgehead atoms. The number of carbonyl (C=O) groups is 2. The molecule has 3 heterocycles. The molecule has 26 heavy (non-hydrogen) atoms. The van der Waals surface area contributed by atoms with Crippen LogP contribution in [0.15, 0.2) is 17.3 Å². The molecule has 4 atom stereocenters. The van der Waals surface area contributed by atoms with Gasteiger partial charge in [-0.25, -0.2) is 14.2 Å². The van der Waals surface area contributed by atoms with Crippen LogP contribution in [0.3, 0.4) is 0 Å². The van der Waals surface area contributed by atoms with E-state index in [1.54, 1.807) is 12.3 Å². The number of hydrogen-bond donors (Lipinski definition) is 1. The monoisotopic (exact) mass is 400 g/mol. The van der Waals surface area contributed by atoms with Gasteiger partial charge in [-0.2, -0.15) is 0 Å². The molecule has 2 aliphatic heterocycles. The van der Waals surface area contributed by atoms with E-state index in [-0.39, 0.29) is 17.5 Å². The largest absolute Gasteiger partial charge is 0.331 e. The minimum absolute atomic E-state index is 0.0333. The molecular weight excluding hydrogens is 382 g/mol. The Kier molecular flexibility index (Phi) is 4.96. The van der Waals surface area contributed by atoms with Crippen molar-refractivity contribution in [3.8, 4) is 0 Å². The molecule has 0 radical (unpaired) electrons. The van der Waals surface area contributed by atoms with Crippen molar-refractivity contribution >= 4 is 46.0 Å². The number of hydrogen-bond acceptors (Lipinski definition) is 4. The summed E-state index contributed by atoms with van der Waals surface area (Å²) in [5.41, 5.74) is 1.87. The number of anilines is 1. The molecule has 1 N–H and O–H groups in total. The number of nitrogens with one attached hydrogen (secondary N) is 1. The molecule has 1 aromatic heterocycles. The SMILES string of the molecule is CCC(C)c1nccc(C)c1N1C(=O)NC(=O)C2CC(F)C(Cl)=NC21Cl. The third-order valence-electron chi connectivity index (χ3n) is 4.93. The van der Waals surface area contributed by atoms with E-state index in [1.807, 2.05) is 20.8 Å². The highest BCUT2D eigenvalue weighted by molar-refractivity contribution is 6.67. The summed E-state index contributed by atoms with van der Waals surface area (Å²) in [7, 11) is 0. The topological polar surface area (TPSA) is 74.7 Å². The Labute approximate surface area is 160 Å². The first-order chi connectivity index (χ1) is 12.2. The van der Waals surface area contributed by atoms with Crippen molar-refractivity contribution in [2.24, 2.45) is 10.9 Å². The van der Waals surface area contributed by atoms with Gasteiger partial charge >= 0.3 is 6.03 Å². The Bertz CT molecular complexity index is 803. The van der Waals surface area contributed by atoms with Gasteiger partial charge in [-0.15, -0.1) is 0 Å². The summed E-state index contributed by atoms with van der Waals surface area (Å²) in [5.74, 6) is -1.70. The fourth-order valence-corrected chi connectivity index (χ4v) is 4.00. The number of rotatable bonds is 3. The number of pyridine rings is 1. The maximum absolute atomic E-state index is 14.0. The lowest BCUT2D eigenvalue weighted by Gasteiger charge is -2.47. The van der Waals surface area contributed by atoms with E-state index >= 15 is 0 Å². The van der Waals surface area contributed by atoms with Crippen LogP contribution in [0.4, 0.5) is 14.9 Å². The highest BCUT2D eigenvalue weighted by atomic mass is 35.5.